The summed E-state index contributed by atoms with van der Waals surface area (Å²) in [5.41, 5.74) is 4.84. The Labute approximate surface area is 236 Å². The lowest BCUT2D eigenvalue weighted by atomic mass is 9.85. The molecule has 0 spiro atoms. The van der Waals surface area contributed by atoms with Crippen molar-refractivity contribution in [2.24, 2.45) is 0 Å². The van der Waals surface area contributed by atoms with Crippen molar-refractivity contribution in [3.63, 3.8) is 0 Å². The number of carbonyl (C=O) groups is 1. The van der Waals surface area contributed by atoms with E-state index in [0.717, 1.165) is 25.5 Å². The van der Waals surface area contributed by atoms with Gasteiger partial charge in [-0.3, -0.25) is 0 Å². The van der Waals surface area contributed by atoms with Crippen molar-refractivity contribution in [2.75, 3.05) is 7.11 Å². The van der Waals surface area contributed by atoms with Crippen LogP contribution < -0.4 is 0 Å². The highest BCUT2D eigenvalue weighted by Gasteiger charge is 2.20. The largest absolute Gasteiger partial charge is 0.465 e. The van der Waals surface area contributed by atoms with Crippen LogP contribution in [0.4, 0.5) is 0 Å². The number of hydrogen-bond acceptors (Lipinski definition) is 2. The van der Waals surface area contributed by atoms with Crippen LogP contribution in [-0.4, -0.2) is 13.1 Å². The molecule has 4 heteroatoms. The fourth-order valence-electron chi connectivity index (χ4n) is 5.86. The minimum Gasteiger partial charge on any atom is -0.465 e. The monoisotopic (exact) mass is 618 g/mol. The quantitative estimate of drug-likeness (QED) is 0.112. The Hall–Kier alpha value is -3.73. The summed E-state index contributed by atoms with van der Waals surface area (Å²) in [6.45, 7) is 0. The third-order valence-corrected chi connectivity index (χ3v) is 8.52. The molecule has 0 atom stereocenters. The second-order valence-electron chi connectivity index (χ2n) is 9.47. The van der Waals surface area contributed by atoms with Gasteiger partial charge in [-0.25, -0.2) is 4.79 Å². The van der Waals surface area contributed by atoms with Gasteiger partial charge in [0.05, 0.1) is 12.7 Å². The Morgan fingerprint density at radius 1 is 0.553 bits per heavy atom. The SMILES string of the molecule is COC(=O)c1cc(Br)ccc1-c1ccc2c3ccc(-c4ccc(Br)cc4)c4cccc(c5cccc1c52)c43. The van der Waals surface area contributed by atoms with Crippen LogP contribution in [0.15, 0.2) is 112 Å². The lowest BCUT2D eigenvalue weighted by Gasteiger charge is -2.19. The molecule has 0 saturated carbocycles. The molecule has 0 fully saturated rings. The van der Waals surface area contributed by atoms with E-state index >= 15 is 0 Å². The second kappa shape index (κ2) is 8.93. The van der Waals surface area contributed by atoms with Crippen LogP contribution in [-0.2, 0) is 4.74 Å². The van der Waals surface area contributed by atoms with Crippen molar-refractivity contribution in [1.82, 2.24) is 0 Å². The lowest BCUT2D eigenvalue weighted by Crippen LogP contribution is -2.04. The third kappa shape index (κ3) is 3.48. The van der Waals surface area contributed by atoms with Crippen molar-refractivity contribution >= 4 is 80.9 Å². The number of fused-ring (bicyclic) bond motifs is 2. The number of methoxy groups -OCH3 is 1. The first-order valence-corrected chi connectivity index (χ1v) is 13.9. The summed E-state index contributed by atoms with van der Waals surface area (Å²) in [5.74, 6) is -0.350. The van der Waals surface area contributed by atoms with Crippen molar-refractivity contribution in [3.05, 3.63) is 118 Å². The lowest BCUT2D eigenvalue weighted by molar-refractivity contribution is 0.0601. The van der Waals surface area contributed by atoms with Crippen LogP contribution >= 0.6 is 31.9 Å². The molecule has 0 unspecified atom stereocenters. The van der Waals surface area contributed by atoms with Gasteiger partial charge in [-0.15, -0.1) is 0 Å². The van der Waals surface area contributed by atoms with Gasteiger partial charge in [0.2, 0.25) is 0 Å². The molecule has 0 bridgehead atoms. The fourth-order valence-corrected chi connectivity index (χ4v) is 6.48. The topological polar surface area (TPSA) is 26.3 Å². The van der Waals surface area contributed by atoms with E-state index in [-0.39, 0.29) is 5.97 Å². The first kappa shape index (κ1) is 23.4. The Balaban J connectivity index is 1.58. The van der Waals surface area contributed by atoms with E-state index in [1.165, 1.54) is 55.9 Å². The van der Waals surface area contributed by atoms with Crippen molar-refractivity contribution in [1.29, 1.82) is 0 Å². The zero-order chi connectivity index (χ0) is 26.0. The molecule has 0 radical (unpaired) electrons. The summed E-state index contributed by atoms with van der Waals surface area (Å²) in [6.07, 6.45) is 0. The van der Waals surface area contributed by atoms with Gasteiger partial charge in [0, 0.05) is 8.95 Å². The summed E-state index contributed by atoms with van der Waals surface area (Å²) in [4.78, 5) is 12.7. The van der Waals surface area contributed by atoms with Gasteiger partial charge in [0.25, 0.3) is 0 Å². The van der Waals surface area contributed by atoms with Crippen LogP contribution in [0.5, 0.6) is 0 Å². The van der Waals surface area contributed by atoms with E-state index < -0.39 is 0 Å². The molecule has 2 nitrogen and oxygen atoms in total. The van der Waals surface area contributed by atoms with E-state index in [1.54, 1.807) is 0 Å². The van der Waals surface area contributed by atoms with E-state index in [1.807, 2.05) is 18.2 Å². The Bertz CT molecular complexity index is 2020. The van der Waals surface area contributed by atoms with Crippen molar-refractivity contribution in [2.45, 2.75) is 0 Å². The average Bonchev–Trinajstić information content (AvgIpc) is 2.95. The maximum absolute atomic E-state index is 12.7. The highest BCUT2D eigenvalue weighted by molar-refractivity contribution is 9.10. The number of ether oxygens (including phenoxy) is 1. The maximum Gasteiger partial charge on any atom is 0.338 e. The minimum atomic E-state index is -0.350. The van der Waals surface area contributed by atoms with Gasteiger partial charge in [0.1, 0.15) is 0 Å². The molecule has 0 aliphatic heterocycles. The molecule has 0 saturated heterocycles. The van der Waals surface area contributed by atoms with Crippen LogP contribution in [0, 0.1) is 0 Å². The standard InChI is InChI=1S/C34H20Br2O2/c1-38-34(37)31-18-21(36)12-13-24(31)23-15-17-30-29-16-14-22(19-8-10-20(35)11-9-19)25-4-2-6-27(32(25)29)28-7-3-5-26(23)33(28)30/h2-18H,1H3. The second-order valence-corrected chi connectivity index (χ2v) is 11.3. The van der Waals surface area contributed by atoms with Crippen molar-refractivity contribution in [3.8, 4) is 22.3 Å². The molecule has 182 valence electrons. The van der Waals surface area contributed by atoms with E-state index in [9.17, 15) is 4.79 Å². The van der Waals surface area contributed by atoms with Crippen LogP contribution in [0.3, 0.4) is 0 Å². The smallest absolute Gasteiger partial charge is 0.338 e. The van der Waals surface area contributed by atoms with E-state index in [4.69, 9.17) is 4.74 Å². The van der Waals surface area contributed by atoms with Gasteiger partial charge < -0.3 is 4.74 Å². The average molecular weight is 620 g/mol. The van der Waals surface area contributed by atoms with Crippen LogP contribution in [0.25, 0.3) is 65.3 Å². The zero-order valence-corrected chi connectivity index (χ0v) is 23.6. The maximum atomic E-state index is 12.7. The summed E-state index contributed by atoms with van der Waals surface area (Å²) >= 11 is 7.07. The highest BCUT2D eigenvalue weighted by atomic mass is 79.9. The predicted octanol–water partition coefficient (Wildman–Crippen LogP) is 10.4. The van der Waals surface area contributed by atoms with Gasteiger partial charge in [-0.05, 0) is 89.6 Å². The summed E-state index contributed by atoms with van der Waals surface area (Å²) in [6, 6.07) is 36.2. The van der Waals surface area contributed by atoms with Crippen molar-refractivity contribution < 1.29 is 9.53 Å². The number of carbonyl (C=O) groups excluding carboxylic acids is 1. The molecule has 0 N–H and O–H groups in total. The summed E-state index contributed by atoms with van der Waals surface area (Å²) in [5, 5.41) is 9.73. The molecular formula is C34H20Br2O2. The molecule has 0 aromatic heterocycles. The number of benzene rings is 7. The minimum absolute atomic E-state index is 0.350. The first-order valence-electron chi connectivity index (χ1n) is 12.3. The number of rotatable bonds is 3. The van der Waals surface area contributed by atoms with Gasteiger partial charge in [-0.2, -0.15) is 0 Å². The molecule has 7 rings (SSSR count). The van der Waals surface area contributed by atoms with Crippen LogP contribution in [0.2, 0.25) is 0 Å². The van der Waals surface area contributed by atoms with E-state index in [2.05, 4.69) is 117 Å². The zero-order valence-electron chi connectivity index (χ0n) is 20.4. The number of hydrogen-bond donors (Lipinski definition) is 0. The third-order valence-electron chi connectivity index (χ3n) is 7.49. The Kier molecular flexibility index (Phi) is 5.50. The predicted molar refractivity (Wildman–Crippen MR) is 165 cm³/mol. The number of halogens is 2. The molecule has 0 amide bonds. The number of esters is 1. The molecule has 38 heavy (non-hydrogen) atoms. The fraction of sp³-hybridized carbons (Fsp3) is 0.0294. The molecule has 0 aliphatic rings. The Morgan fingerprint density at radius 2 is 1.05 bits per heavy atom. The molecular weight excluding hydrogens is 600 g/mol. The summed E-state index contributed by atoms with van der Waals surface area (Å²) in [7, 11) is 1.42. The van der Waals surface area contributed by atoms with Gasteiger partial charge in [0.15, 0.2) is 0 Å². The molecule has 7 aromatic rings. The normalized spacial score (nSPS) is 11.7. The molecule has 0 heterocycles. The molecule has 0 aliphatic carbocycles. The Morgan fingerprint density at radius 3 is 1.68 bits per heavy atom. The van der Waals surface area contributed by atoms with Gasteiger partial charge >= 0.3 is 5.97 Å². The molecule has 7 aromatic carbocycles. The van der Waals surface area contributed by atoms with Crippen LogP contribution in [0.1, 0.15) is 10.4 Å². The van der Waals surface area contributed by atoms with Gasteiger partial charge in [-0.1, -0.05) is 111 Å². The summed E-state index contributed by atoms with van der Waals surface area (Å²) < 4.78 is 7.03. The van der Waals surface area contributed by atoms with E-state index in [0.29, 0.717) is 5.56 Å². The first-order chi connectivity index (χ1) is 18.5. The highest BCUT2D eigenvalue weighted by Crippen LogP contribution is 2.45.